The minimum atomic E-state index is -0.410. The van der Waals surface area contributed by atoms with E-state index in [-0.39, 0.29) is 30.0 Å². The lowest BCUT2D eigenvalue weighted by Gasteiger charge is -2.36. The molecule has 1 aliphatic rings. The van der Waals surface area contributed by atoms with Crippen LogP contribution in [0.15, 0.2) is 22.7 Å². The van der Waals surface area contributed by atoms with E-state index in [0.29, 0.717) is 24.1 Å². The molecule has 1 saturated heterocycles. The standard InChI is InChI=1S/C17H25BrFN3O.ClH/c1-3-12(2)16(20)17(23)22-8-6-21(7-9-22)11-13-4-5-14(18)15(19)10-13;/h4-5,10,12,16H,3,6-9,11,20H2,1-2H3;1H. The molecule has 2 rings (SSSR count). The van der Waals surface area contributed by atoms with Crippen LogP contribution in [0, 0.1) is 11.7 Å². The second-order valence-electron chi connectivity index (χ2n) is 6.26. The Morgan fingerprint density at radius 3 is 2.50 bits per heavy atom. The number of carbonyl (C=O) groups excluding carboxylic acids is 1. The average molecular weight is 423 g/mol. The first-order valence-corrected chi connectivity index (χ1v) is 8.92. The Morgan fingerprint density at radius 1 is 1.33 bits per heavy atom. The Morgan fingerprint density at radius 2 is 1.96 bits per heavy atom. The Hall–Kier alpha value is -0.690. The van der Waals surface area contributed by atoms with Crippen molar-refractivity contribution in [1.29, 1.82) is 0 Å². The van der Waals surface area contributed by atoms with Crippen LogP contribution in [-0.4, -0.2) is 47.9 Å². The summed E-state index contributed by atoms with van der Waals surface area (Å²) in [6.07, 6.45) is 0.905. The predicted molar refractivity (Wildman–Crippen MR) is 101 cm³/mol. The molecule has 1 amide bonds. The zero-order valence-electron chi connectivity index (χ0n) is 14.2. The lowest BCUT2D eigenvalue weighted by molar-refractivity contribution is -0.135. The molecule has 0 aliphatic carbocycles. The Bertz CT molecular complexity index is 553. The number of amides is 1. The van der Waals surface area contributed by atoms with Crippen molar-refractivity contribution in [2.24, 2.45) is 11.7 Å². The van der Waals surface area contributed by atoms with E-state index in [4.69, 9.17) is 5.73 Å². The summed E-state index contributed by atoms with van der Waals surface area (Å²) in [6, 6.07) is 4.80. The molecule has 0 aromatic heterocycles. The molecule has 0 radical (unpaired) electrons. The third-order valence-electron chi connectivity index (χ3n) is 4.62. The van der Waals surface area contributed by atoms with Crippen LogP contribution in [0.4, 0.5) is 4.39 Å². The highest BCUT2D eigenvalue weighted by atomic mass is 79.9. The molecular formula is C17H26BrClFN3O. The van der Waals surface area contributed by atoms with E-state index in [0.717, 1.165) is 25.1 Å². The van der Waals surface area contributed by atoms with Gasteiger partial charge in [-0.3, -0.25) is 9.69 Å². The van der Waals surface area contributed by atoms with Crippen LogP contribution in [-0.2, 0) is 11.3 Å². The number of hydrogen-bond acceptors (Lipinski definition) is 3. The Kier molecular flexibility index (Phi) is 8.63. The van der Waals surface area contributed by atoms with Gasteiger partial charge in [-0.2, -0.15) is 0 Å². The molecule has 4 nitrogen and oxygen atoms in total. The van der Waals surface area contributed by atoms with Crippen LogP contribution in [0.25, 0.3) is 0 Å². The predicted octanol–water partition coefficient (Wildman–Crippen LogP) is 3.03. The maximum absolute atomic E-state index is 13.6. The maximum atomic E-state index is 13.6. The molecule has 1 aromatic rings. The molecule has 1 heterocycles. The van der Waals surface area contributed by atoms with Gasteiger partial charge in [0.05, 0.1) is 10.5 Å². The summed E-state index contributed by atoms with van der Waals surface area (Å²) in [4.78, 5) is 16.5. The van der Waals surface area contributed by atoms with Crippen molar-refractivity contribution in [3.8, 4) is 0 Å². The fourth-order valence-corrected chi connectivity index (χ4v) is 2.98. The minimum absolute atomic E-state index is 0. The van der Waals surface area contributed by atoms with E-state index in [2.05, 4.69) is 20.8 Å². The van der Waals surface area contributed by atoms with Gasteiger partial charge in [0.25, 0.3) is 0 Å². The molecule has 24 heavy (non-hydrogen) atoms. The molecule has 7 heteroatoms. The lowest BCUT2D eigenvalue weighted by Crippen LogP contribution is -2.54. The van der Waals surface area contributed by atoms with Crippen molar-refractivity contribution in [3.63, 3.8) is 0 Å². The van der Waals surface area contributed by atoms with E-state index < -0.39 is 6.04 Å². The second kappa shape index (κ2) is 9.70. The summed E-state index contributed by atoms with van der Waals surface area (Å²) < 4.78 is 14.0. The number of piperazine rings is 1. The third kappa shape index (κ3) is 5.41. The average Bonchev–Trinajstić information content (AvgIpc) is 2.57. The van der Waals surface area contributed by atoms with Gasteiger partial charge < -0.3 is 10.6 Å². The van der Waals surface area contributed by atoms with Gasteiger partial charge in [0, 0.05) is 32.7 Å². The summed E-state index contributed by atoms with van der Waals surface area (Å²) in [5.74, 6) is 0.01000. The number of nitrogens with zero attached hydrogens (tertiary/aromatic N) is 2. The molecule has 0 spiro atoms. The van der Waals surface area contributed by atoms with Crippen LogP contribution in [0.5, 0.6) is 0 Å². The van der Waals surface area contributed by atoms with Gasteiger partial charge in [0.2, 0.25) is 5.91 Å². The first-order valence-electron chi connectivity index (χ1n) is 8.13. The summed E-state index contributed by atoms with van der Waals surface area (Å²) >= 11 is 3.16. The molecule has 2 atom stereocenters. The van der Waals surface area contributed by atoms with Crippen LogP contribution < -0.4 is 5.73 Å². The van der Waals surface area contributed by atoms with Gasteiger partial charge in [-0.15, -0.1) is 12.4 Å². The number of halogens is 3. The highest BCUT2D eigenvalue weighted by molar-refractivity contribution is 9.10. The first kappa shape index (κ1) is 21.4. The van der Waals surface area contributed by atoms with E-state index >= 15 is 0 Å². The minimum Gasteiger partial charge on any atom is -0.339 e. The quantitative estimate of drug-likeness (QED) is 0.793. The molecular weight excluding hydrogens is 397 g/mol. The molecule has 1 aromatic carbocycles. The summed E-state index contributed by atoms with van der Waals surface area (Å²) in [7, 11) is 0. The smallest absolute Gasteiger partial charge is 0.239 e. The van der Waals surface area contributed by atoms with Gasteiger partial charge in [-0.1, -0.05) is 26.3 Å². The SMILES string of the molecule is CCC(C)C(N)C(=O)N1CCN(Cc2ccc(Br)c(F)c2)CC1.Cl. The van der Waals surface area contributed by atoms with Crippen molar-refractivity contribution in [2.75, 3.05) is 26.2 Å². The highest BCUT2D eigenvalue weighted by Crippen LogP contribution is 2.18. The summed E-state index contributed by atoms with van der Waals surface area (Å²) in [5, 5.41) is 0. The van der Waals surface area contributed by atoms with Crippen molar-refractivity contribution < 1.29 is 9.18 Å². The lowest BCUT2D eigenvalue weighted by atomic mass is 9.98. The first-order chi connectivity index (χ1) is 10.9. The molecule has 2 N–H and O–H groups in total. The van der Waals surface area contributed by atoms with Gasteiger partial charge in [-0.05, 0) is 39.5 Å². The number of rotatable bonds is 5. The van der Waals surface area contributed by atoms with Crippen LogP contribution in [0.1, 0.15) is 25.8 Å². The van der Waals surface area contributed by atoms with Crippen molar-refractivity contribution in [2.45, 2.75) is 32.9 Å². The van der Waals surface area contributed by atoms with Crippen molar-refractivity contribution >= 4 is 34.2 Å². The number of carbonyl (C=O) groups is 1. The maximum Gasteiger partial charge on any atom is 0.239 e. The van der Waals surface area contributed by atoms with E-state index in [9.17, 15) is 9.18 Å². The fraction of sp³-hybridized carbons (Fsp3) is 0.588. The monoisotopic (exact) mass is 421 g/mol. The summed E-state index contributed by atoms with van der Waals surface area (Å²) in [5.41, 5.74) is 6.99. The second-order valence-corrected chi connectivity index (χ2v) is 7.12. The number of nitrogens with two attached hydrogens (primary N) is 1. The molecule has 0 saturated carbocycles. The van der Waals surface area contributed by atoms with Crippen LogP contribution in [0.3, 0.4) is 0 Å². The Labute approximate surface area is 158 Å². The van der Waals surface area contributed by atoms with E-state index in [1.807, 2.05) is 24.8 Å². The Balaban J connectivity index is 0.00000288. The van der Waals surface area contributed by atoms with Gasteiger partial charge >= 0.3 is 0 Å². The van der Waals surface area contributed by atoms with Crippen molar-refractivity contribution in [1.82, 2.24) is 9.80 Å². The van der Waals surface area contributed by atoms with Gasteiger partial charge in [-0.25, -0.2) is 4.39 Å². The summed E-state index contributed by atoms with van der Waals surface area (Å²) in [6.45, 7) is 7.70. The zero-order valence-corrected chi connectivity index (χ0v) is 16.6. The highest BCUT2D eigenvalue weighted by Gasteiger charge is 2.27. The topological polar surface area (TPSA) is 49.6 Å². The molecule has 1 fully saturated rings. The third-order valence-corrected chi connectivity index (χ3v) is 5.26. The normalized spacial score (nSPS) is 18.0. The molecule has 1 aliphatic heterocycles. The van der Waals surface area contributed by atoms with Crippen molar-refractivity contribution in [3.05, 3.63) is 34.1 Å². The van der Waals surface area contributed by atoms with Crippen LogP contribution in [0.2, 0.25) is 0 Å². The molecule has 2 unspecified atom stereocenters. The fourth-order valence-electron chi connectivity index (χ4n) is 2.73. The largest absolute Gasteiger partial charge is 0.339 e. The van der Waals surface area contributed by atoms with E-state index in [1.54, 1.807) is 12.1 Å². The van der Waals surface area contributed by atoms with Crippen LogP contribution >= 0.6 is 28.3 Å². The molecule has 0 bridgehead atoms. The zero-order chi connectivity index (χ0) is 17.0. The number of benzene rings is 1. The van der Waals surface area contributed by atoms with E-state index in [1.165, 1.54) is 0 Å². The van der Waals surface area contributed by atoms with Gasteiger partial charge in [0.1, 0.15) is 5.82 Å². The van der Waals surface area contributed by atoms with Gasteiger partial charge in [0.15, 0.2) is 0 Å². The molecule has 136 valence electrons. The number of hydrogen-bond donors (Lipinski definition) is 1.